The average Bonchev–Trinajstić information content (AvgIpc) is 3.08. The molecule has 0 saturated heterocycles. The molecule has 8 heteroatoms. The summed E-state index contributed by atoms with van der Waals surface area (Å²) >= 11 is 8.59. The molecule has 132 valence electrons. The number of aromatic nitrogens is 2. The second kappa shape index (κ2) is 8.93. The van der Waals surface area contributed by atoms with E-state index in [1.807, 2.05) is 12.1 Å². The molecule has 0 saturated carbocycles. The standard InChI is InChI=1S/C18H13ClFN3OS2/c19-14-6-1-12(2-7-14)5-10-16(24)21-17-22-23-18(26-17)25-11-13-3-8-15(20)9-4-13/h1-10H,11H2,(H,21,22,24)/b10-5+. The highest BCUT2D eigenvalue weighted by Gasteiger charge is 2.07. The molecular formula is C18H13ClFN3OS2. The van der Waals surface area contributed by atoms with E-state index < -0.39 is 0 Å². The molecule has 2 aromatic carbocycles. The van der Waals surface area contributed by atoms with E-state index in [9.17, 15) is 9.18 Å². The molecule has 3 rings (SSSR count). The third kappa shape index (κ3) is 5.66. The largest absolute Gasteiger partial charge is 0.297 e. The fourth-order valence-electron chi connectivity index (χ4n) is 1.94. The van der Waals surface area contributed by atoms with E-state index in [4.69, 9.17) is 11.6 Å². The monoisotopic (exact) mass is 405 g/mol. The van der Waals surface area contributed by atoms with Crippen LogP contribution in [0, 0.1) is 5.82 Å². The van der Waals surface area contributed by atoms with Crippen LogP contribution in [0.15, 0.2) is 58.9 Å². The van der Waals surface area contributed by atoms with Crippen LogP contribution in [0.2, 0.25) is 5.02 Å². The topological polar surface area (TPSA) is 54.9 Å². The van der Waals surface area contributed by atoms with E-state index >= 15 is 0 Å². The Morgan fingerprint density at radius 3 is 2.62 bits per heavy atom. The van der Waals surface area contributed by atoms with Gasteiger partial charge < -0.3 is 0 Å². The molecule has 4 nitrogen and oxygen atoms in total. The molecule has 0 spiro atoms. The zero-order chi connectivity index (χ0) is 18.4. The van der Waals surface area contributed by atoms with Gasteiger partial charge in [0.05, 0.1) is 0 Å². The maximum Gasteiger partial charge on any atom is 0.250 e. The lowest BCUT2D eigenvalue weighted by Crippen LogP contribution is -2.07. The lowest BCUT2D eigenvalue weighted by Gasteiger charge is -1.98. The average molecular weight is 406 g/mol. The zero-order valence-corrected chi connectivity index (χ0v) is 15.7. The van der Waals surface area contributed by atoms with Gasteiger partial charge in [-0.2, -0.15) is 0 Å². The van der Waals surface area contributed by atoms with Crippen molar-refractivity contribution < 1.29 is 9.18 Å². The number of nitrogens with one attached hydrogen (secondary N) is 1. The number of carbonyl (C=O) groups is 1. The molecule has 1 heterocycles. The van der Waals surface area contributed by atoms with Gasteiger partial charge in [-0.25, -0.2) is 4.39 Å². The number of hydrogen-bond acceptors (Lipinski definition) is 5. The molecule has 1 N–H and O–H groups in total. The van der Waals surface area contributed by atoms with Crippen molar-refractivity contribution in [1.29, 1.82) is 0 Å². The predicted octanol–water partition coefficient (Wildman–Crippen LogP) is 5.27. The van der Waals surface area contributed by atoms with Gasteiger partial charge in [0, 0.05) is 16.9 Å². The minimum absolute atomic E-state index is 0.258. The number of carbonyl (C=O) groups excluding carboxylic acids is 1. The van der Waals surface area contributed by atoms with Crippen LogP contribution in [0.4, 0.5) is 9.52 Å². The van der Waals surface area contributed by atoms with Gasteiger partial charge in [-0.05, 0) is 41.5 Å². The molecule has 0 atom stereocenters. The third-order valence-corrected chi connectivity index (χ3v) is 5.50. The van der Waals surface area contributed by atoms with Crippen molar-refractivity contribution in [1.82, 2.24) is 10.2 Å². The molecule has 26 heavy (non-hydrogen) atoms. The Labute approximate surface area is 163 Å². The predicted molar refractivity (Wildman–Crippen MR) is 105 cm³/mol. The lowest BCUT2D eigenvalue weighted by molar-refractivity contribution is -0.111. The van der Waals surface area contributed by atoms with Gasteiger partial charge in [-0.3, -0.25) is 10.1 Å². The number of thioether (sulfide) groups is 1. The van der Waals surface area contributed by atoms with E-state index in [-0.39, 0.29) is 11.7 Å². The molecule has 3 aromatic rings. The number of hydrogen-bond donors (Lipinski definition) is 1. The number of nitrogens with zero attached hydrogens (tertiary/aromatic N) is 2. The van der Waals surface area contributed by atoms with Gasteiger partial charge >= 0.3 is 0 Å². The number of amides is 1. The van der Waals surface area contributed by atoms with E-state index in [1.54, 1.807) is 30.3 Å². The first-order chi connectivity index (χ1) is 12.6. The fourth-order valence-corrected chi connectivity index (χ4v) is 3.77. The normalized spacial score (nSPS) is 11.0. The van der Waals surface area contributed by atoms with Crippen LogP contribution >= 0.6 is 34.7 Å². The second-order valence-corrected chi connectivity index (χ2v) is 7.80. The zero-order valence-electron chi connectivity index (χ0n) is 13.4. The van der Waals surface area contributed by atoms with Crippen LogP contribution < -0.4 is 5.32 Å². The van der Waals surface area contributed by atoms with Gasteiger partial charge in [0.1, 0.15) is 5.82 Å². The van der Waals surface area contributed by atoms with Crippen molar-refractivity contribution >= 4 is 51.8 Å². The van der Waals surface area contributed by atoms with Gasteiger partial charge in [-0.15, -0.1) is 10.2 Å². The smallest absolute Gasteiger partial charge is 0.250 e. The quantitative estimate of drug-likeness (QED) is 0.344. The number of rotatable bonds is 6. The SMILES string of the molecule is O=C(/C=C/c1ccc(Cl)cc1)Nc1nnc(SCc2ccc(F)cc2)s1. The van der Waals surface area contributed by atoms with Gasteiger partial charge in [-0.1, -0.05) is 59.0 Å². The summed E-state index contributed by atoms with van der Waals surface area (Å²) in [6.45, 7) is 0. The number of benzene rings is 2. The minimum Gasteiger partial charge on any atom is -0.297 e. The summed E-state index contributed by atoms with van der Waals surface area (Å²) in [5, 5.41) is 11.7. The molecule has 0 fully saturated rings. The molecule has 0 unspecified atom stereocenters. The van der Waals surface area contributed by atoms with Crippen molar-refractivity contribution in [2.75, 3.05) is 5.32 Å². The van der Waals surface area contributed by atoms with E-state index in [0.717, 1.165) is 15.5 Å². The van der Waals surface area contributed by atoms with Crippen molar-refractivity contribution in [3.05, 3.63) is 76.6 Å². The Hall–Kier alpha value is -2.22. The summed E-state index contributed by atoms with van der Waals surface area (Å²) in [5.41, 5.74) is 1.86. The Bertz CT molecular complexity index is 911. The maximum atomic E-state index is 12.9. The van der Waals surface area contributed by atoms with Crippen molar-refractivity contribution in [2.45, 2.75) is 10.1 Å². The van der Waals surface area contributed by atoms with Crippen molar-refractivity contribution in [3.8, 4) is 0 Å². The van der Waals surface area contributed by atoms with E-state index in [0.29, 0.717) is 15.9 Å². The van der Waals surface area contributed by atoms with E-state index in [2.05, 4.69) is 15.5 Å². The summed E-state index contributed by atoms with van der Waals surface area (Å²) in [7, 11) is 0. The lowest BCUT2D eigenvalue weighted by atomic mass is 10.2. The molecule has 1 aromatic heterocycles. The van der Waals surface area contributed by atoms with Crippen LogP contribution in [-0.2, 0) is 10.5 Å². The Kier molecular flexibility index (Phi) is 6.38. The van der Waals surface area contributed by atoms with Crippen LogP contribution in [0.5, 0.6) is 0 Å². The number of anilines is 1. The Morgan fingerprint density at radius 2 is 1.88 bits per heavy atom. The first-order valence-electron chi connectivity index (χ1n) is 7.54. The van der Waals surface area contributed by atoms with Crippen LogP contribution in [0.25, 0.3) is 6.08 Å². The van der Waals surface area contributed by atoms with Crippen LogP contribution in [0.1, 0.15) is 11.1 Å². The maximum absolute atomic E-state index is 12.9. The van der Waals surface area contributed by atoms with Gasteiger partial charge in [0.15, 0.2) is 4.34 Å². The van der Waals surface area contributed by atoms with Crippen LogP contribution in [-0.4, -0.2) is 16.1 Å². The number of halogens is 2. The highest BCUT2D eigenvalue weighted by Crippen LogP contribution is 2.28. The molecule has 0 aliphatic heterocycles. The summed E-state index contributed by atoms with van der Waals surface area (Å²) in [6.07, 6.45) is 3.12. The summed E-state index contributed by atoms with van der Waals surface area (Å²) in [6, 6.07) is 13.5. The van der Waals surface area contributed by atoms with E-state index in [1.165, 1.54) is 41.3 Å². The highest BCUT2D eigenvalue weighted by atomic mass is 35.5. The highest BCUT2D eigenvalue weighted by molar-refractivity contribution is 8.00. The van der Waals surface area contributed by atoms with Gasteiger partial charge in [0.2, 0.25) is 11.0 Å². The van der Waals surface area contributed by atoms with Gasteiger partial charge in [0.25, 0.3) is 0 Å². The van der Waals surface area contributed by atoms with Crippen LogP contribution in [0.3, 0.4) is 0 Å². The fraction of sp³-hybridized carbons (Fsp3) is 0.0556. The summed E-state index contributed by atoms with van der Waals surface area (Å²) in [5.74, 6) is 0.108. The Morgan fingerprint density at radius 1 is 1.15 bits per heavy atom. The molecule has 0 radical (unpaired) electrons. The third-order valence-electron chi connectivity index (χ3n) is 3.21. The Balaban J connectivity index is 1.51. The van der Waals surface area contributed by atoms with Crippen molar-refractivity contribution in [3.63, 3.8) is 0 Å². The summed E-state index contributed by atoms with van der Waals surface area (Å²) < 4.78 is 13.6. The molecular weight excluding hydrogens is 393 g/mol. The first kappa shape index (κ1) is 18.6. The molecule has 1 amide bonds. The van der Waals surface area contributed by atoms with Crippen molar-refractivity contribution in [2.24, 2.45) is 0 Å². The molecule has 0 bridgehead atoms. The minimum atomic E-state index is -0.286. The second-order valence-electron chi connectivity index (χ2n) is 5.16. The summed E-state index contributed by atoms with van der Waals surface area (Å²) in [4.78, 5) is 11.9. The molecule has 0 aliphatic rings. The molecule has 0 aliphatic carbocycles. The first-order valence-corrected chi connectivity index (χ1v) is 9.72.